The molecule has 0 saturated carbocycles. The first kappa shape index (κ1) is 23.1. The van der Waals surface area contributed by atoms with E-state index in [0.717, 1.165) is 36.4 Å². The first-order valence-electron chi connectivity index (χ1n) is 9.22. The van der Waals surface area contributed by atoms with Crippen molar-refractivity contribution < 1.29 is 35.9 Å². The van der Waals surface area contributed by atoms with Crippen molar-refractivity contribution in [1.82, 2.24) is 0 Å². The van der Waals surface area contributed by atoms with Crippen molar-refractivity contribution in [2.75, 3.05) is 5.32 Å². The zero-order valence-corrected chi connectivity index (χ0v) is 16.2. The van der Waals surface area contributed by atoms with Crippen LogP contribution in [0.3, 0.4) is 0 Å². The number of ketones is 1. The van der Waals surface area contributed by atoms with E-state index in [0.29, 0.717) is 0 Å². The fraction of sp³-hybridized carbons (Fsp3) is 0.130. The zero-order chi connectivity index (χ0) is 23.5. The molecular formula is C23H15F6NO2. The van der Waals surface area contributed by atoms with E-state index >= 15 is 0 Å². The first-order chi connectivity index (χ1) is 14.9. The highest BCUT2D eigenvalue weighted by Crippen LogP contribution is 2.31. The largest absolute Gasteiger partial charge is 0.416 e. The van der Waals surface area contributed by atoms with Crippen LogP contribution in [0.25, 0.3) is 0 Å². The molecule has 0 saturated heterocycles. The predicted molar refractivity (Wildman–Crippen MR) is 105 cm³/mol. The molecule has 0 aliphatic carbocycles. The summed E-state index contributed by atoms with van der Waals surface area (Å²) in [5.41, 5.74) is -1.55. The molecule has 0 aliphatic rings. The summed E-state index contributed by atoms with van der Waals surface area (Å²) in [5, 5.41) is 2.47. The zero-order valence-electron chi connectivity index (χ0n) is 16.2. The van der Waals surface area contributed by atoms with Gasteiger partial charge in [0.05, 0.1) is 16.8 Å². The van der Waals surface area contributed by atoms with Gasteiger partial charge in [0.15, 0.2) is 5.78 Å². The van der Waals surface area contributed by atoms with Crippen LogP contribution >= 0.6 is 0 Å². The molecule has 0 heterocycles. The molecule has 3 aromatic rings. The van der Waals surface area contributed by atoms with Gasteiger partial charge in [-0.05, 0) is 48.0 Å². The van der Waals surface area contributed by atoms with Crippen molar-refractivity contribution in [1.29, 1.82) is 0 Å². The van der Waals surface area contributed by atoms with Crippen molar-refractivity contribution in [2.24, 2.45) is 0 Å². The van der Waals surface area contributed by atoms with Gasteiger partial charge >= 0.3 is 12.4 Å². The Morgan fingerprint density at radius 1 is 0.719 bits per heavy atom. The van der Waals surface area contributed by atoms with Gasteiger partial charge < -0.3 is 5.32 Å². The van der Waals surface area contributed by atoms with Gasteiger partial charge in [0.2, 0.25) is 0 Å². The standard InChI is InChI=1S/C23H15F6NO2/c24-22(25,26)16-10-8-15(9-11-16)21(32)30-19-7-2-1-6-18(19)20(31)13-14-4-3-5-17(12-14)23(27,28)29/h1-12H,13H2,(H,30,32). The van der Waals surface area contributed by atoms with E-state index < -0.39 is 35.2 Å². The number of anilines is 1. The van der Waals surface area contributed by atoms with Crippen LogP contribution in [0.1, 0.15) is 37.4 Å². The van der Waals surface area contributed by atoms with Gasteiger partial charge in [-0.1, -0.05) is 30.3 Å². The normalized spacial score (nSPS) is 11.8. The molecule has 32 heavy (non-hydrogen) atoms. The number of amides is 1. The molecule has 9 heteroatoms. The number of Topliss-reactive ketones (excluding diaryl/α,β-unsaturated/α-hetero) is 1. The number of carbonyl (C=O) groups is 2. The lowest BCUT2D eigenvalue weighted by Gasteiger charge is -2.12. The summed E-state index contributed by atoms with van der Waals surface area (Å²) < 4.78 is 76.7. The topological polar surface area (TPSA) is 46.2 Å². The first-order valence-corrected chi connectivity index (χ1v) is 9.22. The van der Waals surface area contributed by atoms with E-state index in [1.165, 1.54) is 36.4 Å². The van der Waals surface area contributed by atoms with Crippen LogP contribution in [-0.4, -0.2) is 11.7 Å². The van der Waals surface area contributed by atoms with Crippen molar-refractivity contribution in [2.45, 2.75) is 18.8 Å². The van der Waals surface area contributed by atoms with E-state index in [1.807, 2.05) is 0 Å². The Morgan fingerprint density at radius 3 is 1.97 bits per heavy atom. The maximum absolute atomic E-state index is 12.9. The molecule has 1 amide bonds. The number of hydrogen-bond donors (Lipinski definition) is 1. The lowest BCUT2D eigenvalue weighted by Crippen LogP contribution is -2.16. The van der Waals surface area contributed by atoms with Crippen LogP contribution in [0.2, 0.25) is 0 Å². The molecule has 0 fully saturated rings. The summed E-state index contributed by atoms with van der Waals surface area (Å²) in [6.07, 6.45) is -9.43. The van der Waals surface area contributed by atoms with Gasteiger partial charge in [0.25, 0.3) is 5.91 Å². The molecule has 1 N–H and O–H groups in total. The monoisotopic (exact) mass is 451 g/mol. The van der Waals surface area contributed by atoms with Crippen LogP contribution < -0.4 is 5.32 Å². The summed E-state index contributed by atoms with van der Waals surface area (Å²) in [4.78, 5) is 25.1. The number of halogens is 6. The summed E-state index contributed by atoms with van der Waals surface area (Å²) in [6, 6.07) is 13.8. The summed E-state index contributed by atoms with van der Waals surface area (Å²) >= 11 is 0. The molecule has 3 nitrogen and oxygen atoms in total. The Bertz CT molecular complexity index is 1130. The van der Waals surface area contributed by atoms with Gasteiger partial charge in [-0.25, -0.2) is 0 Å². The number of carbonyl (C=O) groups excluding carboxylic acids is 2. The second-order valence-corrected chi connectivity index (χ2v) is 6.87. The molecule has 166 valence electrons. The Balaban J connectivity index is 1.78. The molecule has 0 aromatic heterocycles. The Hall–Kier alpha value is -3.62. The van der Waals surface area contributed by atoms with Gasteiger partial charge in [-0.3, -0.25) is 9.59 Å². The van der Waals surface area contributed by atoms with Crippen LogP contribution in [0.15, 0.2) is 72.8 Å². The predicted octanol–water partition coefficient (Wildman–Crippen LogP) is 6.40. The summed E-state index contributed by atoms with van der Waals surface area (Å²) in [5.74, 6) is -1.27. The lowest BCUT2D eigenvalue weighted by atomic mass is 9.99. The minimum atomic E-state index is -4.55. The van der Waals surface area contributed by atoms with E-state index in [-0.39, 0.29) is 28.8 Å². The smallest absolute Gasteiger partial charge is 0.321 e. The minimum Gasteiger partial charge on any atom is -0.321 e. The molecule has 0 atom stereocenters. The molecule has 0 spiro atoms. The third kappa shape index (κ3) is 5.54. The number of benzene rings is 3. The van der Waals surface area contributed by atoms with Crippen molar-refractivity contribution >= 4 is 17.4 Å². The maximum Gasteiger partial charge on any atom is 0.416 e. The highest BCUT2D eigenvalue weighted by molar-refractivity contribution is 6.09. The second kappa shape index (κ2) is 8.86. The number of hydrogen-bond acceptors (Lipinski definition) is 2. The second-order valence-electron chi connectivity index (χ2n) is 6.87. The van der Waals surface area contributed by atoms with Gasteiger partial charge in [-0.2, -0.15) is 26.3 Å². The highest BCUT2D eigenvalue weighted by Gasteiger charge is 2.31. The van der Waals surface area contributed by atoms with Gasteiger partial charge in [0, 0.05) is 17.5 Å². The quantitative estimate of drug-likeness (QED) is 0.360. The van der Waals surface area contributed by atoms with E-state index in [4.69, 9.17) is 0 Å². The van der Waals surface area contributed by atoms with Gasteiger partial charge in [-0.15, -0.1) is 0 Å². The van der Waals surface area contributed by atoms with Crippen LogP contribution in [0.5, 0.6) is 0 Å². The molecule has 3 aromatic carbocycles. The fourth-order valence-electron chi connectivity index (χ4n) is 2.98. The van der Waals surface area contributed by atoms with E-state index in [1.54, 1.807) is 0 Å². The average molecular weight is 451 g/mol. The molecule has 0 aliphatic heterocycles. The third-order valence-electron chi connectivity index (χ3n) is 4.57. The molecule has 0 radical (unpaired) electrons. The van der Waals surface area contributed by atoms with E-state index in [9.17, 15) is 35.9 Å². The summed E-state index contributed by atoms with van der Waals surface area (Å²) in [6.45, 7) is 0. The molecule has 0 unspecified atom stereocenters. The van der Waals surface area contributed by atoms with Crippen molar-refractivity contribution in [3.63, 3.8) is 0 Å². The van der Waals surface area contributed by atoms with Crippen LogP contribution in [0.4, 0.5) is 32.0 Å². The molecule has 0 bridgehead atoms. The SMILES string of the molecule is O=C(Nc1ccccc1C(=O)Cc1cccc(C(F)(F)F)c1)c1ccc(C(F)(F)F)cc1. The molecular weight excluding hydrogens is 436 g/mol. The number of para-hydroxylation sites is 1. The third-order valence-corrected chi connectivity index (χ3v) is 4.57. The average Bonchev–Trinajstić information content (AvgIpc) is 2.73. The van der Waals surface area contributed by atoms with E-state index in [2.05, 4.69) is 5.32 Å². The lowest BCUT2D eigenvalue weighted by molar-refractivity contribution is -0.138. The molecule has 3 rings (SSSR count). The maximum atomic E-state index is 12.9. The van der Waals surface area contributed by atoms with Gasteiger partial charge in [0.1, 0.15) is 0 Å². The summed E-state index contributed by atoms with van der Waals surface area (Å²) in [7, 11) is 0. The van der Waals surface area contributed by atoms with Crippen LogP contribution in [0, 0.1) is 0 Å². The number of alkyl halides is 6. The Labute approximate surface area is 178 Å². The van der Waals surface area contributed by atoms with Crippen LogP contribution in [-0.2, 0) is 18.8 Å². The van der Waals surface area contributed by atoms with Crippen molar-refractivity contribution in [3.8, 4) is 0 Å². The number of rotatable bonds is 5. The van der Waals surface area contributed by atoms with Crippen molar-refractivity contribution in [3.05, 3.63) is 101 Å². The minimum absolute atomic E-state index is 0.0573. The number of nitrogens with one attached hydrogen (secondary N) is 1. The Kier molecular flexibility index (Phi) is 6.38. The Morgan fingerprint density at radius 2 is 1.34 bits per heavy atom. The fourth-order valence-corrected chi connectivity index (χ4v) is 2.98. The highest BCUT2D eigenvalue weighted by atomic mass is 19.4.